The first kappa shape index (κ1) is 12.3. The third kappa shape index (κ3) is 2.02. The molecule has 1 aromatic rings. The Morgan fingerprint density at radius 2 is 2.24 bits per heavy atom. The van der Waals surface area contributed by atoms with Crippen molar-refractivity contribution in [2.45, 2.75) is 30.4 Å². The molecule has 1 aliphatic heterocycles. The van der Waals surface area contributed by atoms with Crippen LogP contribution in [0.25, 0.3) is 0 Å². The highest BCUT2D eigenvalue weighted by Crippen LogP contribution is 2.43. The first-order chi connectivity index (χ1) is 7.83. The highest BCUT2D eigenvalue weighted by atomic mass is 79.9. The van der Waals surface area contributed by atoms with Gasteiger partial charge in [-0.2, -0.15) is 0 Å². The number of carbonyl (C=O) groups is 1. The van der Waals surface area contributed by atoms with Gasteiger partial charge in [-0.1, -0.05) is 15.9 Å². The van der Waals surface area contributed by atoms with Gasteiger partial charge in [-0.15, -0.1) is 0 Å². The second-order valence-corrected chi connectivity index (χ2v) is 5.46. The van der Waals surface area contributed by atoms with Crippen molar-refractivity contribution in [2.75, 3.05) is 0 Å². The van der Waals surface area contributed by atoms with Gasteiger partial charge < -0.3 is 14.9 Å². The predicted octanol–water partition coefficient (Wildman–Crippen LogP) is 1.75. The summed E-state index contributed by atoms with van der Waals surface area (Å²) in [5.74, 6) is -0.702. The van der Waals surface area contributed by atoms with Gasteiger partial charge >= 0.3 is 5.97 Å². The summed E-state index contributed by atoms with van der Waals surface area (Å²) in [6.45, 7) is 3.50. The minimum absolute atomic E-state index is 0.0729. The van der Waals surface area contributed by atoms with Crippen molar-refractivity contribution in [3.8, 4) is 5.88 Å². The van der Waals surface area contributed by atoms with E-state index in [9.17, 15) is 9.90 Å². The molecule has 0 saturated heterocycles. The molecule has 0 saturated carbocycles. The Hall–Kier alpha value is -1.14. The van der Waals surface area contributed by atoms with E-state index in [1.165, 1.54) is 12.3 Å². The average molecular weight is 302 g/mol. The Bertz CT molecular complexity index is 475. The number of nitrogens with zero attached hydrogens (tertiary/aromatic N) is 1. The number of carboxylic acid groups (broad SMARTS) is 1. The van der Waals surface area contributed by atoms with Gasteiger partial charge in [-0.25, -0.2) is 9.78 Å². The molecule has 0 aliphatic carbocycles. The van der Waals surface area contributed by atoms with Crippen molar-refractivity contribution in [3.63, 3.8) is 0 Å². The summed E-state index contributed by atoms with van der Waals surface area (Å²) in [5.41, 5.74) is -0.140. The zero-order chi connectivity index (χ0) is 12.8. The van der Waals surface area contributed by atoms with Crippen LogP contribution in [0.4, 0.5) is 0 Å². The molecule has 0 aromatic carbocycles. The molecule has 1 aliphatic rings. The lowest BCUT2D eigenvalue weighted by molar-refractivity contribution is -0.0450. The van der Waals surface area contributed by atoms with Crippen molar-refractivity contribution < 1.29 is 19.7 Å². The van der Waals surface area contributed by atoms with Crippen LogP contribution >= 0.6 is 15.9 Å². The second-order valence-electron chi connectivity index (χ2n) is 4.48. The molecule has 17 heavy (non-hydrogen) atoms. The zero-order valence-electron chi connectivity index (χ0n) is 9.35. The van der Waals surface area contributed by atoms with E-state index in [0.717, 1.165) is 0 Å². The Morgan fingerprint density at radius 3 is 2.82 bits per heavy atom. The molecule has 0 amide bonds. The van der Waals surface area contributed by atoms with E-state index in [2.05, 4.69) is 20.9 Å². The minimum Gasteiger partial charge on any atom is -0.478 e. The fourth-order valence-corrected chi connectivity index (χ4v) is 2.67. The van der Waals surface area contributed by atoms with Crippen LogP contribution in [0.2, 0.25) is 0 Å². The summed E-state index contributed by atoms with van der Waals surface area (Å²) in [6, 6.07) is 1.46. The van der Waals surface area contributed by atoms with Crippen molar-refractivity contribution in [1.82, 2.24) is 4.98 Å². The average Bonchev–Trinajstić information content (AvgIpc) is 2.25. The van der Waals surface area contributed by atoms with E-state index in [-0.39, 0.29) is 5.56 Å². The summed E-state index contributed by atoms with van der Waals surface area (Å²) in [5, 5.41) is 18.9. The van der Waals surface area contributed by atoms with Crippen LogP contribution in [0.3, 0.4) is 0 Å². The van der Waals surface area contributed by atoms with Gasteiger partial charge in [0.2, 0.25) is 5.88 Å². The van der Waals surface area contributed by atoms with Crippen molar-refractivity contribution in [2.24, 2.45) is 0 Å². The summed E-state index contributed by atoms with van der Waals surface area (Å²) in [7, 11) is 0. The number of hydrogen-bond acceptors (Lipinski definition) is 4. The van der Waals surface area contributed by atoms with Crippen LogP contribution in [0.15, 0.2) is 12.3 Å². The monoisotopic (exact) mass is 301 g/mol. The normalized spacial score (nSPS) is 25.9. The lowest BCUT2D eigenvalue weighted by Gasteiger charge is -2.39. The number of pyridine rings is 1. The Kier molecular flexibility index (Phi) is 2.87. The molecule has 92 valence electrons. The summed E-state index contributed by atoms with van der Waals surface area (Å²) >= 11 is 3.35. The van der Waals surface area contributed by atoms with Crippen molar-refractivity contribution in [3.05, 3.63) is 23.4 Å². The van der Waals surface area contributed by atoms with Crippen LogP contribution < -0.4 is 4.74 Å². The SMILES string of the molecule is CC1(C)Oc2ncc(C(=O)O)cc2C(Br)C1O. The number of aliphatic hydroxyl groups excluding tert-OH is 1. The first-order valence-corrected chi connectivity index (χ1v) is 5.99. The van der Waals surface area contributed by atoms with Gasteiger partial charge in [0.1, 0.15) is 11.7 Å². The number of aromatic nitrogens is 1. The van der Waals surface area contributed by atoms with Gasteiger partial charge in [0.25, 0.3) is 0 Å². The van der Waals surface area contributed by atoms with Crippen LogP contribution in [0, 0.1) is 0 Å². The quantitative estimate of drug-likeness (QED) is 0.773. The maximum atomic E-state index is 10.8. The predicted molar refractivity (Wildman–Crippen MR) is 63.6 cm³/mol. The first-order valence-electron chi connectivity index (χ1n) is 5.07. The fourth-order valence-electron chi connectivity index (χ4n) is 1.70. The summed E-state index contributed by atoms with van der Waals surface area (Å²) < 4.78 is 5.55. The number of alkyl halides is 1. The standard InChI is InChI=1S/C11H12BrNO4/c1-11(2)8(14)7(12)6-3-5(10(15)16)4-13-9(6)17-11/h3-4,7-8,14H,1-2H3,(H,15,16). The third-order valence-electron chi connectivity index (χ3n) is 2.77. The number of fused-ring (bicyclic) bond motifs is 1. The number of ether oxygens (including phenoxy) is 1. The number of hydrogen-bond donors (Lipinski definition) is 2. The number of carboxylic acids is 1. The molecule has 2 rings (SSSR count). The van der Waals surface area contributed by atoms with Crippen LogP contribution in [-0.2, 0) is 0 Å². The topological polar surface area (TPSA) is 79.7 Å². The molecule has 2 N–H and O–H groups in total. The summed E-state index contributed by atoms with van der Waals surface area (Å²) in [6.07, 6.45) is 0.468. The van der Waals surface area contributed by atoms with Gasteiger partial charge in [-0.05, 0) is 19.9 Å². The molecule has 0 fully saturated rings. The van der Waals surface area contributed by atoms with Crippen molar-refractivity contribution in [1.29, 1.82) is 0 Å². The lowest BCUT2D eigenvalue weighted by Crippen LogP contribution is -2.47. The molecule has 0 bridgehead atoms. The van der Waals surface area contributed by atoms with E-state index >= 15 is 0 Å². The van der Waals surface area contributed by atoms with E-state index in [0.29, 0.717) is 11.4 Å². The van der Waals surface area contributed by atoms with E-state index in [4.69, 9.17) is 9.84 Å². The second kappa shape index (κ2) is 3.96. The van der Waals surface area contributed by atoms with Crippen LogP contribution in [0.5, 0.6) is 5.88 Å². The molecule has 5 nitrogen and oxygen atoms in total. The van der Waals surface area contributed by atoms with Gasteiger partial charge in [0.05, 0.1) is 10.4 Å². The largest absolute Gasteiger partial charge is 0.478 e. The van der Waals surface area contributed by atoms with Gasteiger partial charge in [0.15, 0.2) is 0 Å². The molecule has 6 heteroatoms. The zero-order valence-corrected chi connectivity index (χ0v) is 10.9. The molecule has 2 unspecified atom stereocenters. The molecule has 1 aromatic heterocycles. The number of aromatic carboxylic acids is 1. The number of aliphatic hydroxyl groups is 1. The van der Waals surface area contributed by atoms with Gasteiger partial charge in [-0.3, -0.25) is 0 Å². The lowest BCUT2D eigenvalue weighted by atomic mass is 9.92. The van der Waals surface area contributed by atoms with Crippen LogP contribution in [0.1, 0.15) is 34.6 Å². The van der Waals surface area contributed by atoms with Crippen molar-refractivity contribution >= 4 is 21.9 Å². The molecule has 2 atom stereocenters. The highest BCUT2D eigenvalue weighted by Gasteiger charge is 2.42. The molecule has 2 heterocycles. The van der Waals surface area contributed by atoms with Crippen LogP contribution in [-0.4, -0.2) is 32.9 Å². The third-order valence-corrected chi connectivity index (χ3v) is 3.77. The molecular formula is C11H12BrNO4. The molecule has 0 spiro atoms. The molecule has 0 radical (unpaired) electrons. The smallest absolute Gasteiger partial charge is 0.337 e. The maximum absolute atomic E-state index is 10.8. The van der Waals surface area contributed by atoms with Gasteiger partial charge in [0, 0.05) is 11.8 Å². The molecular weight excluding hydrogens is 290 g/mol. The van der Waals surface area contributed by atoms with E-state index in [1.54, 1.807) is 13.8 Å². The Morgan fingerprint density at radius 1 is 1.59 bits per heavy atom. The highest BCUT2D eigenvalue weighted by molar-refractivity contribution is 9.09. The van der Waals surface area contributed by atoms with E-state index < -0.39 is 22.5 Å². The minimum atomic E-state index is -1.06. The number of halogens is 1. The summed E-state index contributed by atoms with van der Waals surface area (Å²) in [4.78, 5) is 14.4. The fraction of sp³-hybridized carbons (Fsp3) is 0.455. The number of rotatable bonds is 1. The maximum Gasteiger partial charge on any atom is 0.337 e. The Balaban J connectivity index is 2.50. The Labute approximate surface area is 107 Å². The van der Waals surface area contributed by atoms with E-state index in [1.807, 2.05) is 0 Å².